The zero-order valence-electron chi connectivity index (χ0n) is 18.9. The molecule has 31 heavy (non-hydrogen) atoms. The van der Waals surface area contributed by atoms with Crippen molar-refractivity contribution in [1.82, 2.24) is 15.4 Å². The molecule has 1 unspecified atom stereocenters. The number of rotatable bonds is 8. The molecule has 11 nitrogen and oxygen atoms in total. The maximum Gasteiger partial charge on any atom is 0.408 e. The minimum absolute atomic E-state index is 0.164. The second-order valence-corrected chi connectivity index (χ2v) is 8.88. The Morgan fingerprint density at radius 3 is 1.97 bits per heavy atom. The number of carbonyl (C=O) groups is 3. The van der Waals surface area contributed by atoms with E-state index in [0.717, 1.165) is 12.1 Å². The van der Waals surface area contributed by atoms with E-state index in [0.29, 0.717) is 24.1 Å². The molecule has 0 bridgehead atoms. The summed E-state index contributed by atoms with van der Waals surface area (Å²) < 4.78 is 10.8. The Hall–Kier alpha value is -3.11. The molecule has 11 heteroatoms. The molecule has 2 amide bonds. The topological polar surface area (TPSA) is 148 Å². The van der Waals surface area contributed by atoms with Crippen molar-refractivity contribution in [2.75, 3.05) is 6.54 Å². The Kier molecular flexibility index (Phi) is 9.02. The first-order valence-electron chi connectivity index (χ1n) is 9.96. The number of carbonyl (C=O) groups excluding carboxylic acids is 3. The summed E-state index contributed by atoms with van der Waals surface area (Å²) in [4.78, 5) is 41.2. The second-order valence-electron chi connectivity index (χ2n) is 8.88. The molecule has 0 aliphatic carbocycles. The Morgan fingerprint density at radius 2 is 1.45 bits per heavy atom. The number of hydrogen-bond acceptors (Lipinski definition) is 8. The summed E-state index contributed by atoms with van der Waals surface area (Å²) in [6.45, 7) is 10.6. The van der Waals surface area contributed by atoms with Crippen molar-refractivity contribution < 1.29 is 38.9 Å². The van der Waals surface area contributed by atoms with Crippen LogP contribution in [0.4, 0.5) is 9.59 Å². The van der Waals surface area contributed by atoms with Gasteiger partial charge in [-0.2, -0.15) is 0 Å². The largest absolute Gasteiger partial charge is 0.492 e. The van der Waals surface area contributed by atoms with Gasteiger partial charge in [-0.3, -0.25) is 0 Å². The first kappa shape index (κ1) is 25.9. The van der Waals surface area contributed by atoms with E-state index in [1.54, 1.807) is 41.5 Å². The highest BCUT2D eigenvalue weighted by Crippen LogP contribution is 2.19. The van der Waals surface area contributed by atoms with Gasteiger partial charge >= 0.3 is 18.2 Å². The van der Waals surface area contributed by atoms with Gasteiger partial charge < -0.3 is 35.2 Å². The summed E-state index contributed by atoms with van der Waals surface area (Å²) in [6, 6.07) is 1.17. The predicted octanol–water partition coefficient (Wildman–Crippen LogP) is 2.44. The molecule has 4 N–H and O–H groups in total. The lowest BCUT2D eigenvalue weighted by atomic mass is 10.1. The number of alkyl carbamates (subject to hydrolysis) is 2. The molecule has 1 atom stereocenters. The van der Waals surface area contributed by atoms with Crippen LogP contribution in [-0.2, 0) is 14.3 Å². The van der Waals surface area contributed by atoms with Crippen molar-refractivity contribution in [2.45, 2.75) is 78.0 Å². The van der Waals surface area contributed by atoms with E-state index < -0.39 is 47.2 Å². The third-order valence-corrected chi connectivity index (χ3v) is 3.54. The molecule has 0 spiro atoms. The van der Waals surface area contributed by atoms with Crippen molar-refractivity contribution in [3.05, 3.63) is 12.1 Å². The molecule has 0 saturated heterocycles. The van der Waals surface area contributed by atoms with E-state index in [2.05, 4.69) is 10.6 Å². The molecular weight excluding hydrogens is 410 g/mol. The lowest BCUT2D eigenvalue weighted by molar-refractivity contribution is -0.148. The van der Waals surface area contributed by atoms with Gasteiger partial charge in [0, 0.05) is 18.7 Å². The minimum atomic E-state index is -1.11. The van der Waals surface area contributed by atoms with Gasteiger partial charge in [-0.05, 0) is 60.8 Å². The molecule has 0 fully saturated rings. The van der Waals surface area contributed by atoms with Crippen LogP contribution >= 0.6 is 0 Å². The predicted molar refractivity (Wildman–Crippen MR) is 111 cm³/mol. The van der Waals surface area contributed by atoms with Crippen molar-refractivity contribution in [2.24, 2.45) is 0 Å². The number of amides is 2. The molecule has 0 aromatic carbocycles. The first-order valence-corrected chi connectivity index (χ1v) is 9.96. The monoisotopic (exact) mass is 443 g/mol. The third-order valence-electron chi connectivity index (χ3n) is 3.54. The van der Waals surface area contributed by atoms with Crippen LogP contribution in [0.1, 0.15) is 60.8 Å². The zero-order valence-corrected chi connectivity index (χ0v) is 18.9. The molecular formula is C20H33N3O8. The smallest absolute Gasteiger partial charge is 0.408 e. The quantitative estimate of drug-likeness (QED) is 0.448. The Balaban J connectivity index is 2.65. The number of ether oxygens (including phenoxy) is 2. The summed E-state index contributed by atoms with van der Waals surface area (Å²) in [7, 11) is 0. The van der Waals surface area contributed by atoms with E-state index >= 15 is 0 Å². The van der Waals surface area contributed by atoms with Crippen LogP contribution in [-0.4, -0.2) is 56.9 Å². The van der Waals surface area contributed by atoms with Gasteiger partial charge in [0.25, 0.3) is 0 Å². The maximum atomic E-state index is 12.5. The van der Waals surface area contributed by atoms with Crippen LogP contribution in [0.25, 0.3) is 0 Å². The van der Waals surface area contributed by atoms with Gasteiger partial charge in [-0.1, -0.05) is 0 Å². The molecule has 1 aromatic rings. The second kappa shape index (κ2) is 10.8. The number of nitrogens with zero attached hydrogens (tertiary/aromatic N) is 1. The van der Waals surface area contributed by atoms with Gasteiger partial charge in [-0.25, -0.2) is 14.4 Å². The van der Waals surface area contributed by atoms with Crippen molar-refractivity contribution >= 4 is 18.2 Å². The van der Waals surface area contributed by atoms with E-state index in [9.17, 15) is 24.6 Å². The van der Waals surface area contributed by atoms with Crippen LogP contribution in [0.15, 0.2) is 12.1 Å². The Bertz CT molecular complexity index is 742. The van der Waals surface area contributed by atoms with Gasteiger partial charge in [0.2, 0.25) is 11.8 Å². The number of unbranched alkanes of at least 4 members (excludes halogenated alkanes) is 1. The molecule has 0 radical (unpaired) electrons. The fraction of sp³-hybridized carbons (Fsp3) is 0.650. The maximum absolute atomic E-state index is 12.5. The summed E-state index contributed by atoms with van der Waals surface area (Å²) >= 11 is 0. The molecule has 176 valence electrons. The minimum Gasteiger partial charge on any atom is -0.492 e. The van der Waals surface area contributed by atoms with E-state index in [4.69, 9.17) is 14.3 Å². The van der Waals surface area contributed by atoms with E-state index in [-0.39, 0.29) is 6.42 Å². The lowest BCUT2D eigenvalue weighted by Gasteiger charge is -2.23. The third kappa shape index (κ3) is 10.5. The normalized spacial score (nSPS) is 12.6. The summed E-state index contributed by atoms with van der Waals surface area (Å²) in [5.41, 5.74) is -1.38. The standard InChI is InChI=1S/C20H33N3O8/c1-19(2,3)29-17(27)21-12-8-7-9-13(22-18(28)30-20(4,5)6)16(26)31-23-14(24)10-11-15(23)25/h10-11,13,24-25H,7-9,12H2,1-6H3,(H,21,27)(H,22,28). The molecule has 1 rings (SSSR count). The first-order chi connectivity index (χ1) is 14.2. The van der Waals surface area contributed by atoms with Gasteiger partial charge in [0.1, 0.15) is 17.2 Å². The highest BCUT2D eigenvalue weighted by molar-refractivity contribution is 5.81. The number of nitrogens with one attached hydrogen (secondary N) is 2. The summed E-state index contributed by atoms with van der Waals surface area (Å²) in [5, 5.41) is 24.3. The molecule has 0 saturated carbocycles. The van der Waals surface area contributed by atoms with Gasteiger partial charge in [0.15, 0.2) is 0 Å². The molecule has 1 aromatic heterocycles. The zero-order chi connectivity index (χ0) is 23.8. The van der Waals surface area contributed by atoms with Crippen LogP contribution in [0.3, 0.4) is 0 Å². The van der Waals surface area contributed by atoms with Gasteiger partial charge in [-0.15, -0.1) is 4.73 Å². The van der Waals surface area contributed by atoms with Crippen molar-refractivity contribution in [3.63, 3.8) is 0 Å². The highest BCUT2D eigenvalue weighted by atomic mass is 16.7. The summed E-state index contributed by atoms with van der Waals surface area (Å²) in [5.74, 6) is -1.88. The van der Waals surface area contributed by atoms with Crippen molar-refractivity contribution in [1.29, 1.82) is 0 Å². The fourth-order valence-corrected chi connectivity index (χ4v) is 2.33. The number of aromatic nitrogens is 1. The highest BCUT2D eigenvalue weighted by Gasteiger charge is 2.27. The molecule has 0 aliphatic heterocycles. The van der Waals surface area contributed by atoms with E-state index in [1.165, 1.54) is 0 Å². The van der Waals surface area contributed by atoms with Crippen LogP contribution in [0.5, 0.6) is 11.8 Å². The van der Waals surface area contributed by atoms with Crippen LogP contribution < -0.4 is 15.5 Å². The fourth-order valence-electron chi connectivity index (χ4n) is 2.33. The van der Waals surface area contributed by atoms with E-state index in [1.807, 2.05) is 0 Å². The number of aromatic hydroxyl groups is 2. The average molecular weight is 443 g/mol. The van der Waals surface area contributed by atoms with Crippen LogP contribution in [0.2, 0.25) is 0 Å². The van der Waals surface area contributed by atoms with Crippen LogP contribution in [0, 0.1) is 0 Å². The molecule has 1 heterocycles. The summed E-state index contributed by atoms with van der Waals surface area (Å²) in [6.07, 6.45) is -0.263. The van der Waals surface area contributed by atoms with Crippen molar-refractivity contribution in [3.8, 4) is 11.8 Å². The lowest BCUT2D eigenvalue weighted by Crippen LogP contribution is -2.46. The van der Waals surface area contributed by atoms with Gasteiger partial charge in [0.05, 0.1) is 0 Å². The molecule has 0 aliphatic rings. The number of hydrogen-bond donors (Lipinski definition) is 4. The average Bonchev–Trinajstić information content (AvgIpc) is 2.89. The SMILES string of the molecule is CC(C)(C)OC(=O)NCCCCC(NC(=O)OC(C)(C)C)C(=O)On1c(O)ccc1O. The Labute approximate surface area is 181 Å². The Morgan fingerprint density at radius 1 is 0.935 bits per heavy atom.